The second-order valence-corrected chi connectivity index (χ2v) is 6.14. The van der Waals surface area contributed by atoms with E-state index < -0.39 is 0 Å². The molecule has 1 aromatic heterocycles. The molecule has 3 aromatic rings. The third-order valence-electron chi connectivity index (χ3n) is 3.72. The number of halogens is 1. The number of hydrogen-bond acceptors (Lipinski definition) is 3. The predicted octanol–water partition coefficient (Wildman–Crippen LogP) is 4.98. The summed E-state index contributed by atoms with van der Waals surface area (Å²) < 4.78 is 5.71. The van der Waals surface area contributed by atoms with Crippen molar-refractivity contribution in [3.05, 3.63) is 82.1 Å². The highest BCUT2D eigenvalue weighted by molar-refractivity contribution is 6.31. The van der Waals surface area contributed by atoms with Gasteiger partial charge in [0.05, 0.1) is 6.21 Å². The number of amides is 1. The number of nitrogens with one attached hydrogen (secondary N) is 1. The highest BCUT2D eigenvalue weighted by Gasteiger charge is 2.06. The minimum atomic E-state index is -0.267. The van der Waals surface area contributed by atoms with E-state index in [1.54, 1.807) is 18.2 Å². The summed E-state index contributed by atoms with van der Waals surface area (Å²) in [4.78, 5) is 12.0. The Kier molecular flexibility index (Phi) is 5.00. The summed E-state index contributed by atoms with van der Waals surface area (Å²) in [6.07, 6.45) is 1.47. The van der Waals surface area contributed by atoms with Crippen LogP contribution in [-0.4, -0.2) is 12.1 Å². The molecule has 0 radical (unpaired) electrons. The van der Waals surface area contributed by atoms with Crippen molar-refractivity contribution in [2.75, 3.05) is 0 Å². The van der Waals surface area contributed by atoms with Crippen LogP contribution in [0.1, 0.15) is 27.2 Å². The summed E-state index contributed by atoms with van der Waals surface area (Å²) in [7, 11) is 0. The van der Waals surface area contributed by atoms with E-state index in [1.807, 2.05) is 50.2 Å². The molecule has 126 valence electrons. The molecule has 0 unspecified atom stereocenters. The minimum absolute atomic E-state index is 0.267. The summed E-state index contributed by atoms with van der Waals surface area (Å²) in [5.74, 6) is 0.960. The SMILES string of the molecule is Cc1cccc(C(=O)N/N=C\c2ccc(-c3ccc(C)c(Cl)c3)o2)c1. The summed E-state index contributed by atoms with van der Waals surface area (Å²) in [6.45, 7) is 3.88. The number of benzene rings is 2. The van der Waals surface area contributed by atoms with Crippen molar-refractivity contribution in [3.8, 4) is 11.3 Å². The first kappa shape index (κ1) is 17.0. The number of carbonyl (C=O) groups is 1. The van der Waals surface area contributed by atoms with Gasteiger partial charge < -0.3 is 4.42 Å². The van der Waals surface area contributed by atoms with Crippen molar-refractivity contribution in [3.63, 3.8) is 0 Å². The van der Waals surface area contributed by atoms with Gasteiger partial charge in [-0.05, 0) is 49.7 Å². The van der Waals surface area contributed by atoms with Gasteiger partial charge in [0.1, 0.15) is 11.5 Å². The molecule has 25 heavy (non-hydrogen) atoms. The maximum Gasteiger partial charge on any atom is 0.271 e. The van der Waals surface area contributed by atoms with Crippen molar-refractivity contribution < 1.29 is 9.21 Å². The molecule has 0 spiro atoms. The van der Waals surface area contributed by atoms with Gasteiger partial charge in [0.2, 0.25) is 0 Å². The van der Waals surface area contributed by atoms with Crippen molar-refractivity contribution in [2.24, 2.45) is 5.10 Å². The summed E-state index contributed by atoms with van der Waals surface area (Å²) in [5, 5.41) is 4.63. The van der Waals surface area contributed by atoms with E-state index in [1.165, 1.54) is 6.21 Å². The number of rotatable bonds is 4. The molecule has 0 saturated heterocycles. The quantitative estimate of drug-likeness (QED) is 0.531. The molecule has 5 heteroatoms. The van der Waals surface area contributed by atoms with Crippen molar-refractivity contribution in [1.82, 2.24) is 5.43 Å². The molecule has 0 aliphatic heterocycles. The van der Waals surface area contributed by atoms with Crippen LogP contribution in [-0.2, 0) is 0 Å². The van der Waals surface area contributed by atoms with E-state index in [0.29, 0.717) is 22.1 Å². The van der Waals surface area contributed by atoms with Crippen LogP contribution >= 0.6 is 11.6 Å². The maximum absolute atomic E-state index is 12.0. The highest BCUT2D eigenvalue weighted by Crippen LogP contribution is 2.26. The Morgan fingerprint density at radius 3 is 2.72 bits per heavy atom. The lowest BCUT2D eigenvalue weighted by Gasteiger charge is -2.01. The van der Waals surface area contributed by atoms with E-state index in [9.17, 15) is 4.79 Å². The fourth-order valence-electron chi connectivity index (χ4n) is 2.33. The van der Waals surface area contributed by atoms with E-state index in [4.69, 9.17) is 16.0 Å². The van der Waals surface area contributed by atoms with Gasteiger partial charge in [0.25, 0.3) is 5.91 Å². The lowest BCUT2D eigenvalue weighted by Crippen LogP contribution is -2.17. The standard InChI is InChI=1S/C20H17ClN2O2/c1-13-4-3-5-16(10-13)20(24)23-22-12-17-8-9-19(25-17)15-7-6-14(2)18(21)11-15/h3-12H,1-2H3,(H,23,24)/b22-12-. The van der Waals surface area contributed by atoms with Crippen LogP contribution in [0.3, 0.4) is 0 Å². The molecule has 1 N–H and O–H groups in total. The van der Waals surface area contributed by atoms with E-state index >= 15 is 0 Å². The molecule has 0 aliphatic carbocycles. The van der Waals surface area contributed by atoms with Crippen LogP contribution in [0.5, 0.6) is 0 Å². The van der Waals surface area contributed by atoms with Gasteiger partial charge in [0, 0.05) is 16.1 Å². The normalized spacial score (nSPS) is 11.0. The topological polar surface area (TPSA) is 54.6 Å². The first-order valence-electron chi connectivity index (χ1n) is 7.79. The summed E-state index contributed by atoms with van der Waals surface area (Å²) >= 11 is 6.14. The first-order valence-corrected chi connectivity index (χ1v) is 8.17. The number of hydrazone groups is 1. The maximum atomic E-state index is 12.0. The largest absolute Gasteiger partial charge is 0.455 e. The van der Waals surface area contributed by atoms with Crippen LogP contribution in [0, 0.1) is 13.8 Å². The number of furan rings is 1. The van der Waals surface area contributed by atoms with Crippen LogP contribution < -0.4 is 5.43 Å². The number of carbonyl (C=O) groups excluding carboxylic acids is 1. The summed E-state index contributed by atoms with van der Waals surface area (Å²) in [5.41, 5.74) is 5.97. The number of hydrogen-bond donors (Lipinski definition) is 1. The van der Waals surface area contributed by atoms with Gasteiger partial charge in [-0.1, -0.05) is 41.4 Å². The monoisotopic (exact) mass is 352 g/mol. The van der Waals surface area contributed by atoms with Gasteiger partial charge in [-0.2, -0.15) is 5.10 Å². The Hall–Kier alpha value is -2.85. The van der Waals surface area contributed by atoms with Crippen LogP contribution in [0.4, 0.5) is 0 Å². The fraction of sp³-hybridized carbons (Fsp3) is 0.100. The predicted molar refractivity (Wildman–Crippen MR) is 100 cm³/mol. The van der Waals surface area contributed by atoms with E-state index in [2.05, 4.69) is 10.5 Å². The molecule has 0 aliphatic rings. The molecule has 1 amide bonds. The molecule has 0 saturated carbocycles. The van der Waals surface area contributed by atoms with Crippen molar-refractivity contribution >= 4 is 23.7 Å². The van der Waals surface area contributed by atoms with Crippen molar-refractivity contribution in [1.29, 1.82) is 0 Å². The zero-order valence-corrected chi connectivity index (χ0v) is 14.7. The third kappa shape index (κ3) is 4.17. The number of nitrogens with zero attached hydrogens (tertiary/aromatic N) is 1. The molecule has 3 rings (SSSR count). The van der Waals surface area contributed by atoms with Crippen molar-refractivity contribution in [2.45, 2.75) is 13.8 Å². The molecule has 1 heterocycles. The highest BCUT2D eigenvalue weighted by atomic mass is 35.5. The molecule has 0 fully saturated rings. The lowest BCUT2D eigenvalue weighted by atomic mass is 10.1. The van der Waals surface area contributed by atoms with Crippen LogP contribution in [0.15, 0.2) is 64.1 Å². The smallest absolute Gasteiger partial charge is 0.271 e. The first-order chi connectivity index (χ1) is 12.0. The Balaban J connectivity index is 1.67. The average Bonchev–Trinajstić information content (AvgIpc) is 3.06. The van der Waals surface area contributed by atoms with Gasteiger partial charge in [-0.15, -0.1) is 0 Å². The zero-order valence-electron chi connectivity index (χ0n) is 13.9. The second-order valence-electron chi connectivity index (χ2n) is 5.73. The Labute approximate surface area is 151 Å². The van der Waals surface area contributed by atoms with Crippen LogP contribution in [0.2, 0.25) is 5.02 Å². The Bertz CT molecular complexity index is 944. The fourth-order valence-corrected chi connectivity index (χ4v) is 2.51. The molecular weight excluding hydrogens is 336 g/mol. The Morgan fingerprint density at radius 2 is 1.96 bits per heavy atom. The zero-order chi connectivity index (χ0) is 17.8. The molecular formula is C20H17ClN2O2. The molecule has 4 nitrogen and oxygen atoms in total. The Morgan fingerprint density at radius 1 is 1.12 bits per heavy atom. The van der Waals surface area contributed by atoms with Gasteiger partial charge >= 0.3 is 0 Å². The molecule has 0 bridgehead atoms. The van der Waals surface area contributed by atoms with Gasteiger partial charge in [-0.3, -0.25) is 4.79 Å². The second kappa shape index (κ2) is 7.36. The minimum Gasteiger partial charge on any atom is -0.455 e. The third-order valence-corrected chi connectivity index (χ3v) is 4.13. The van der Waals surface area contributed by atoms with E-state index in [0.717, 1.165) is 16.7 Å². The average molecular weight is 353 g/mol. The number of aryl methyl sites for hydroxylation is 2. The van der Waals surface area contributed by atoms with Gasteiger partial charge in [0.15, 0.2) is 0 Å². The van der Waals surface area contributed by atoms with Crippen LogP contribution in [0.25, 0.3) is 11.3 Å². The molecule has 0 atom stereocenters. The van der Waals surface area contributed by atoms with Gasteiger partial charge in [-0.25, -0.2) is 5.43 Å². The summed E-state index contributed by atoms with van der Waals surface area (Å²) in [6, 6.07) is 16.7. The van der Waals surface area contributed by atoms with E-state index in [-0.39, 0.29) is 5.91 Å². The molecule has 2 aromatic carbocycles. The lowest BCUT2D eigenvalue weighted by molar-refractivity contribution is 0.0955.